The van der Waals surface area contributed by atoms with Gasteiger partial charge >= 0.3 is 6.09 Å². The van der Waals surface area contributed by atoms with Crippen LogP contribution < -0.4 is 5.73 Å². The first-order valence-corrected chi connectivity index (χ1v) is 7.91. The van der Waals surface area contributed by atoms with Gasteiger partial charge in [0.2, 0.25) is 0 Å². The van der Waals surface area contributed by atoms with Crippen LogP contribution in [0.25, 0.3) is 0 Å². The zero-order chi connectivity index (χ0) is 15.0. The fourth-order valence-corrected chi connectivity index (χ4v) is 3.83. The first-order chi connectivity index (χ1) is 9.25. The van der Waals surface area contributed by atoms with Gasteiger partial charge in [-0.2, -0.15) is 0 Å². The predicted molar refractivity (Wildman–Crippen MR) is 80.5 cm³/mol. The van der Waals surface area contributed by atoms with E-state index in [9.17, 15) is 4.79 Å². The first kappa shape index (κ1) is 15.6. The lowest BCUT2D eigenvalue weighted by Crippen LogP contribution is -2.48. The largest absolute Gasteiger partial charge is 0.444 e. The molecule has 0 atom stereocenters. The first-order valence-electron chi connectivity index (χ1n) is 7.91. The molecule has 1 amide bonds. The van der Waals surface area contributed by atoms with Gasteiger partial charge in [0.1, 0.15) is 5.60 Å². The SMILES string of the molecule is CN(C(=O)OC(C)(C)C)[C@H]1CCC2(CC1)C[C@@H](CN)C2. The van der Waals surface area contributed by atoms with Gasteiger partial charge in [0, 0.05) is 13.1 Å². The molecule has 0 bridgehead atoms. The van der Waals surface area contributed by atoms with E-state index in [2.05, 4.69) is 0 Å². The van der Waals surface area contributed by atoms with Gasteiger partial charge in [-0.05, 0) is 77.2 Å². The summed E-state index contributed by atoms with van der Waals surface area (Å²) in [7, 11) is 1.88. The standard InChI is InChI=1S/C16H30N2O2/c1-15(2,3)20-14(19)18(4)13-5-7-16(8-6-13)9-12(10-16)11-17/h12-13H,5-11,17H2,1-4H3/t12-,13-,16?. The molecule has 4 heteroatoms. The summed E-state index contributed by atoms with van der Waals surface area (Å²) in [5.41, 5.74) is 5.87. The summed E-state index contributed by atoms with van der Waals surface area (Å²) in [4.78, 5) is 13.9. The van der Waals surface area contributed by atoms with Crippen molar-refractivity contribution in [1.82, 2.24) is 4.90 Å². The summed E-state index contributed by atoms with van der Waals surface area (Å²) in [5, 5.41) is 0. The Kier molecular flexibility index (Phi) is 4.33. The van der Waals surface area contributed by atoms with Gasteiger partial charge in [-0.1, -0.05) is 0 Å². The van der Waals surface area contributed by atoms with Crippen LogP contribution in [0.4, 0.5) is 4.79 Å². The Morgan fingerprint density at radius 1 is 1.30 bits per heavy atom. The number of hydrogen-bond acceptors (Lipinski definition) is 3. The Morgan fingerprint density at radius 3 is 2.30 bits per heavy atom. The average Bonchev–Trinajstić information content (AvgIpc) is 2.33. The normalized spacial score (nSPS) is 33.6. The van der Waals surface area contributed by atoms with Crippen molar-refractivity contribution >= 4 is 6.09 Å². The van der Waals surface area contributed by atoms with E-state index in [1.807, 2.05) is 27.8 Å². The van der Waals surface area contributed by atoms with E-state index in [1.165, 1.54) is 25.7 Å². The third-order valence-corrected chi connectivity index (χ3v) is 5.02. The predicted octanol–water partition coefficient (Wildman–Crippen LogP) is 3.15. The molecule has 0 radical (unpaired) electrons. The number of hydrogen-bond donors (Lipinski definition) is 1. The fraction of sp³-hybridized carbons (Fsp3) is 0.938. The maximum absolute atomic E-state index is 12.1. The molecule has 0 heterocycles. The summed E-state index contributed by atoms with van der Waals surface area (Å²) in [6.07, 6.45) is 7.09. The molecule has 0 aromatic heterocycles. The Hall–Kier alpha value is -0.770. The summed E-state index contributed by atoms with van der Waals surface area (Å²) >= 11 is 0. The van der Waals surface area contributed by atoms with Gasteiger partial charge < -0.3 is 15.4 Å². The summed E-state index contributed by atoms with van der Waals surface area (Å²) < 4.78 is 5.45. The van der Waals surface area contributed by atoms with E-state index in [4.69, 9.17) is 10.5 Å². The highest BCUT2D eigenvalue weighted by Gasteiger charge is 2.46. The van der Waals surface area contributed by atoms with Crippen LogP contribution in [-0.2, 0) is 4.74 Å². The minimum absolute atomic E-state index is 0.188. The number of nitrogens with two attached hydrogens (primary N) is 1. The minimum Gasteiger partial charge on any atom is -0.444 e. The third-order valence-electron chi connectivity index (χ3n) is 5.02. The molecule has 0 unspecified atom stereocenters. The molecule has 20 heavy (non-hydrogen) atoms. The van der Waals surface area contributed by atoms with Crippen molar-refractivity contribution in [2.75, 3.05) is 13.6 Å². The highest BCUT2D eigenvalue weighted by atomic mass is 16.6. The Bertz CT molecular complexity index is 346. The van der Waals surface area contributed by atoms with Crippen molar-refractivity contribution in [2.45, 2.75) is 70.9 Å². The van der Waals surface area contributed by atoms with E-state index >= 15 is 0 Å². The number of amides is 1. The van der Waals surface area contributed by atoms with Crippen molar-refractivity contribution in [1.29, 1.82) is 0 Å². The van der Waals surface area contributed by atoms with Crippen LogP contribution in [0.15, 0.2) is 0 Å². The number of nitrogens with zero attached hydrogens (tertiary/aromatic N) is 1. The molecule has 116 valence electrons. The Balaban J connectivity index is 1.80. The monoisotopic (exact) mass is 282 g/mol. The van der Waals surface area contributed by atoms with Gasteiger partial charge in [0.15, 0.2) is 0 Å². The van der Waals surface area contributed by atoms with Crippen molar-refractivity contribution < 1.29 is 9.53 Å². The molecule has 0 aliphatic heterocycles. The number of carbonyl (C=O) groups is 1. The molecule has 4 nitrogen and oxygen atoms in total. The number of ether oxygens (including phenoxy) is 1. The van der Waals surface area contributed by atoms with Crippen molar-refractivity contribution in [3.63, 3.8) is 0 Å². The van der Waals surface area contributed by atoms with Gasteiger partial charge in [0.25, 0.3) is 0 Å². The highest BCUT2D eigenvalue weighted by Crippen LogP contribution is 2.54. The van der Waals surface area contributed by atoms with Crippen molar-refractivity contribution in [3.8, 4) is 0 Å². The highest BCUT2D eigenvalue weighted by molar-refractivity contribution is 5.68. The molecule has 2 saturated carbocycles. The molecule has 0 saturated heterocycles. The van der Waals surface area contributed by atoms with Gasteiger partial charge in [-0.3, -0.25) is 0 Å². The second-order valence-electron chi connectivity index (χ2n) is 7.83. The zero-order valence-electron chi connectivity index (χ0n) is 13.4. The number of carbonyl (C=O) groups excluding carboxylic acids is 1. The van der Waals surface area contributed by atoms with Crippen LogP contribution in [0.1, 0.15) is 59.3 Å². The topological polar surface area (TPSA) is 55.6 Å². The molecule has 2 aliphatic carbocycles. The second-order valence-corrected chi connectivity index (χ2v) is 7.83. The molecular formula is C16H30N2O2. The van der Waals surface area contributed by atoms with Gasteiger partial charge in [-0.15, -0.1) is 0 Å². The summed E-state index contributed by atoms with van der Waals surface area (Å²) in [6, 6.07) is 0.340. The van der Waals surface area contributed by atoms with Gasteiger partial charge in [0.05, 0.1) is 0 Å². The Labute approximate surface area is 123 Å². The number of rotatable bonds is 2. The van der Waals surface area contributed by atoms with E-state index in [1.54, 1.807) is 4.90 Å². The van der Waals surface area contributed by atoms with E-state index in [0.717, 1.165) is 25.3 Å². The molecule has 2 rings (SSSR count). The quantitative estimate of drug-likeness (QED) is 0.846. The molecular weight excluding hydrogens is 252 g/mol. The molecule has 2 N–H and O–H groups in total. The lowest BCUT2D eigenvalue weighted by atomic mass is 9.55. The lowest BCUT2D eigenvalue weighted by Gasteiger charge is -2.52. The molecule has 0 aromatic rings. The van der Waals surface area contributed by atoms with Crippen LogP contribution >= 0.6 is 0 Å². The Morgan fingerprint density at radius 2 is 1.85 bits per heavy atom. The average molecular weight is 282 g/mol. The fourth-order valence-electron chi connectivity index (χ4n) is 3.83. The van der Waals surface area contributed by atoms with Gasteiger partial charge in [-0.25, -0.2) is 4.79 Å². The smallest absolute Gasteiger partial charge is 0.410 e. The second kappa shape index (κ2) is 5.55. The van der Waals surface area contributed by atoms with E-state index in [-0.39, 0.29) is 6.09 Å². The minimum atomic E-state index is -0.413. The van der Waals surface area contributed by atoms with Crippen LogP contribution in [-0.4, -0.2) is 36.2 Å². The maximum atomic E-state index is 12.1. The molecule has 2 aliphatic rings. The zero-order valence-corrected chi connectivity index (χ0v) is 13.4. The van der Waals surface area contributed by atoms with E-state index < -0.39 is 5.60 Å². The molecule has 0 aromatic carbocycles. The van der Waals surface area contributed by atoms with Crippen LogP contribution in [0.5, 0.6) is 0 Å². The van der Waals surface area contributed by atoms with Crippen LogP contribution in [0, 0.1) is 11.3 Å². The van der Waals surface area contributed by atoms with Crippen LogP contribution in [0.2, 0.25) is 0 Å². The van der Waals surface area contributed by atoms with E-state index in [0.29, 0.717) is 11.5 Å². The summed E-state index contributed by atoms with van der Waals surface area (Å²) in [6.45, 7) is 6.57. The summed E-state index contributed by atoms with van der Waals surface area (Å²) in [5.74, 6) is 0.745. The lowest BCUT2D eigenvalue weighted by molar-refractivity contribution is -0.0170. The van der Waals surface area contributed by atoms with Crippen LogP contribution in [0.3, 0.4) is 0 Å². The third kappa shape index (κ3) is 3.46. The van der Waals surface area contributed by atoms with Crippen molar-refractivity contribution in [2.24, 2.45) is 17.1 Å². The molecule has 2 fully saturated rings. The van der Waals surface area contributed by atoms with Crippen molar-refractivity contribution in [3.05, 3.63) is 0 Å². The maximum Gasteiger partial charge on any atom is 0.410 e. The molecule has 1 spiro atoms.